The first-order chi connectivity index (χ1) is 11.9. The van der Waals surface area contributed by atoms with Gasteiger partial charge in [0.05, 0.1) is 11.2 Å². The van der Waals surface area contributed by atoms with Crippen LogP contribution in [0.5, 0.6) is 0 Å². The number of aromatic carboxylic acids is 1. The summed E-state index contributed by atoms with van der Waals surface area (Å²) in [5, 5.41) is 9.03. The van der Waals surface area contributed by atoms with Crippen LogP contribution in [0.2, 0.25) is 0 Å². The van der Waals surface area contributed by atoms with Gasteiger partial charge in [-0.3, -0.25) is 4.79 Å². The van der Waals surface area contributed by atoms with E-state index in [4.69, 9.17) is 5.11 Å². The standard InChI is InChI=1S/C17H17F2N3O3/c1-20-4-6-21(7-5-20)15-9-14-11(8-13(15)19)16(23)12(17(24)25)10-22(14)3-2-18/h2-3,8-10H,4-7H2,1H3,(H,24,25)/b3-2-. The molecule has 0 radical (unpaired) electrons. The predicted molar refractivity (Wildman–Crippen MR) is 91.3 cm³/mol. The molecule has 8 heteroatoms. The lowest BCUT2D eigenvalue weighted by Gasteiger charge is -2.34. The summed E-state index contributed by atoms with van der Waals surface area (Å²) >= 11 is 0. The Morgan fingerprint density at radius 1 is 1.24 bits per heavy atom. The van der Waals surface area contributed by atoms with E-state index in [1.165, 1.54) is 10.6 Å². The monoisotopic (exact) mass is 349 g/mol. The van der Waals surface area contributed by atoms with E-state index in [0.717, 1.165) is 31.6 Å². The molecular weight excluding hydrogens is 332 g/mol. The number of aromatic nitrogens is 1. The fourth-order valence-electron chi connectivity index (χ4n) is 2.98. The maximum atomic E-state index is 14.6. The quantitative estimate of drug-likeness (QED) is 0.918. The Morgan fingerprint density at radius 2 is 1.92 bits per heavy atom. The van der Waals surface area contributed by atoms with Crippen LogP contribution in [0.3, 0.4) is 0 Å². The molecule has 2 heterocycles. The summed E-state index contributed by atoms with van der Waals surface area (Å²) in [5.74, 6) is -2.05. The molecule has 0 aliphatic carbocycles. The topological polar surface area (TPSA) is 65.8 Å². The van der Waals surface area contributed by atoms with Crippen molar-refractivity contribution in [1.82, 2.24) is 9.47 Å². The Morgan fingerprint density at radius 3 is 2.52 bits per heavy atom. The van der Waals surface area contributed by atoms with Crippen molar-refractivity contribution in [2.45, 2.75) is 0 Å². The number of piperazine rings is 1. The first-order valence-electron chi connectivity index (χ1n) is 7.74. The minimum Gasteiger partial charge on any atom is -0.477 e. The largest absolute Gasteiger partial charge is 0.477 e. The highest BCUT2D eigenvalue weighted by Gasteiger charge is 2.21. The van der Waals surface area contributed by atoms with Crippen molar-refractivity contribution in [3.63, 3.8) is 0 Å². The normalized spacial score (nSPS) is 16.0. The number of carboxylic acid groups (broad SMARTS) is 1. The maximum absolute atomic E-state index is 14.6. The number of benzene rings is 1. The van der Waals surface area contributed by atoms with E-state index in [9.17, 15) is 18.4 Å². The molecule has 1 aromatic carbocycles. The lowest BCUT2D eigenvalue weighted by atomic mass is 10.1. The number of likely N-dealkylation sites (N-methyl/N-ethyl adjacent to an activating group) is 1. The summed E-state index contributed by atoms with van der Waals surface area (Å²) in [7, 11) is 1.98. The lowest BCUT2D eigenvalue weighted by molar-refractivity contribution is 0.0695. The molecule has 0 atom stereocenters. The van der Waals surface area contributed by atoms with E-state index in [1.54, 1.807) is 0 Å². The number of carboxylic acids is 1. The molecule has 0 unspecified atom stereocenters. The molecule has 1 aromatic heterocycles. The smallest absolute Gasteiger partial charge is 0.341 e. The molecule has 1 fully saturated rings. The van der Waals surface area contributed by atoms with Crippen molar-refractivity contribution in [1.29, 1.82) is 0 Å². The molecule has 1 saturated heterocycles. The first-order valence-corrected chi connectivity index (χ1v) is 7.74. The van der Waals surface area contributed by atoms with E-state index in [2.05, 4.69) is 4.90 Å². The highest BCUT2D eigenvalue weighted by molar-refractivity contribution is 5.94. The Balaban J connectivity index is 2.22. The lowest BCUT2D eigenvalue weighted by Crippen LogP contribution is -2.44. The third-order valence-electron chi connectivity index (χ3n) is 4.39. The summed E-state index contributed by atoms with van der Waals surface area (Å²) in [6, 6.07) is 2.49. The third kappa shape index (κ3) is 3.12. The minimum absolute atomic E-state index is 0.103. The van der Waals surface area contributed by atoms with Crippen molar-refractivity contribution >= 4 is 28.8 Å². The second-order valence-electron chi connectivity index (χ2n) is 5.97. The molecule has 0 saturated carbocycles. The summed E-state index contributed by atoms with van der Waals surface area (Å²) in [6.45, 7) is 2.78. The number of pyridine rings is 1. The van der Waals surface area contributed by atoms with Crippen LogP contribution in [0.1, 0.15) is 10.4 Å². The van der Waals surface area contributed by atoms with Crippen molar-refractivity contribution in [3.05, 3.63) is 46.3 Å². The van der Waals surface area contributed by atoms with E-state index in [0.29, 0.717) is 18.8 Å². The average Bonchev–Trinajstić information content (AvgIpc) is 2.58. The van der Waals surface area contributed by atoms with E-state index in [1.807, 2.05) is 11.9 Å². The Hall–Kier alpha value is -2.74. The fourth-order valence-corrected chi connectivity index (χ4v) is 2.98. The summed E-state index contributed by atoms with van der Waals surface area (Å²) in [4.78, 5) is 27.5. The van der Waals surface area contributed by atoms with Gasteiger partial charge in [-0.2, -0.15) is 0 Å². The van der Waals surface area contributed by atoms with Crippen LogP contribution in [0.4, 0.5) is 14.5 Å². The van der Waals surface area contributed by atoms with Crippen LogP contribution < -0.4 is 10.3 Å². The number of fused-ring (bicyclic) bond motifs is 1. The Kier molecular flexibility index (Phi) is 4.54. The van der Waals surface area contributed by atoms with Crippen molar-refractivity contribution < 1.29 is 18.7 Å². The molecule has 6 nitrogen and oxygen atoms in total. The maximum Gasteiger partial charge on any atom is 0.341 e. The van der Waals surface area contributed by atoms with Gasteiger partial charge in [-0.1, -0.05) is 0 Å². The zero-order chi connectivity index (χ0) is 18.1. The SMILES string of the molecule is CN1CCN(c2cc3c(cc2F)c(=O)c(C(=O)O)cn3/C=C\F)CC1. The molecule has 132 valence electrons. The Labute approximate surface area is 142 Å². The summed E-state index contributed by atoms with van der Waals surface area (Å²) in [5.41, 5.74) is -0.782. The predicted octanol–water partition coefficient (Wildman–Crippen LogP) is 1.99. The second-order valence-corrected chi connectivity index (χ2v) is 5.97. The van der Waals surface area contributed by atoms with E-state index in [-0.39, 0.29) is 17.2 Å². The van der Waals surface area contributed by atoms with Gasteiger partial charge in [-0.05, 0) is 19.2 Å². The van der Waals surface area contributed by atoms with Crippen LogP contribution in [0.25, 0.3) is 17.1 Å². The number of anilines is 1. The van der Waals surface area contributed by atoms with Gasteiger partial charge in [0, 0.05) is 44.0 Å². The van der Waals surface area contributed by atoms with Gasteiger partial charge < -0.3 is 19.5 Å². The van der Waals surface area contributed by atoms with Gasteiger partial charge in [-0.25, -0.2) is 13.6 Å². The molecule has 2 aromatic rings. The zero-order valence-electron chi connectivity index (χ0n) is 13.6. The molecule has 1 aliphatic rings. The number of carbonyl (C=O) groups is 1. The van der Waals surface area contributed by atoms with Gasteiger partial charge in [0.15, 0.2) is 0 Å². The van der Waals surface area contributed by atoms with E-state index >= 15 is 0 Å². The van der Waals surface area contributed by atoms with Crippen LogP contribution in [0, 0.1) is 5.82 Å². The number of halogens is 2. The third-order valence-corrected chi connectivity index (χ3v) is 4.39. The summed E-state index contributed by atoms with van der Waals surface area (Å²) < 4.78 is 28.5. The summed E-state index contributed by atoms with van der Waals surface area (Å²) in [6.07, 6.45) is 2.25. The average molecular weight is 349 g/mol. The minimum atomic E-state index is -1.45. The second kappa shape index (κ2) is 6.64. The van der Waals surface area contributed by atoms with Crippen LogP contribution >= 0.6 is 0 Å². The molecule has 1 aliphatic heterocycles. The van der Waals surface area contributed by atoms with Gasteiger partial charge in [0.25, 0.3) is 0 Å². The van der Waals surface area contributed by atoms with Crippen molar-refractivity contribution in [2.75, 3.05) is 38.1 Å². The van der Waals surface area contributed by atoms with Gasteiger partial charge in [0.1, 0.15) is 17.7 Å². The number of hydrogen-bond donors (Lipinski definition) is 1. The molecule has 0 bridgehead atoms. The van der Waals surface area contributed by atoms with Crippen molar-refractivity contribution in [3.8, 4) is 0 Å². The van der Waals surface area contributed by atoms with Crippen molar-refractivity contribution in [2.24, 2.45) is 0 Å². The van der Waals surface area contributed by atoms with Gasteiger partial charge in [0.2, 0.25) is 5.43 Å². The molecule has 0 amide bonds. The van der Waals surface area contributed by atoms with Crippen LogP contribution in [-0.4, -0.2) is 53.8 Å². The number of rotatable bonds is 3. The van der Waals surface area contributed by atoms with Crippen LogP contribution in [-0.2, 0) is 0 Å². The first kappa shape index (κ1) is 17.1. The van der Waals surface area contributed by atoms with Gasteiger partial charge >= 0.3 is 5.97 Å². The van der Waals surface area contributed by atoms with E-state index < -0.39 is 22.8 Å². The van der Waals surface area contributed by atoms with Gasteiger partial charge in [-0.15, -0.1) is 0 Å². The zero-order valence-corrected chi connectivity index (χ0v) is 13.6. The highest BCUT2D eigenvalue weighted by Crippen LogP contribution is 2.26. The molecule has 25 heavy (non-hydrogen) atoms. The molecular formula is C17H17F2N3O3. The number of nitrogens with zero attached hydrogens (tertiary/aromatic N) is 3. The molecule has 0 spiro atoms. The Bertz CT molecular complexity index is 915. The molecule has 1 N–H and O–H groups in total. The fraction of sp³-hybridized carbons (Fsp3) is 0.294. The highest BCUT2D eigenvalue weighted by atomic mass is 19.1. The molecule has 3 rings (SSSR count). The number of hydrogen-bond acceptors (Lipinski definition) is 4. The van der Waals surface area contributed by atoms with Crippen LogP contribution in [0.15, 0.2) is 29.5 Å².